The van der Waals surface area contributed by atoms with Crippen LogP contribution >= 0.6 is 0 Å². The average molecular weight is 400 g/mol. The highest BCUT2D eigenvalue weighted by Crippen LogP contribution is 2.49. The molecule has 0 bridgehead atoms. The Labute approximate surface area is 167 Å². The molecule has 6 nitrogen and oxygen atoms in total. The molecule has 29 heavy (non-hydrogen) atoms. The number of nitrogens with one attached hydrogen (secondary N) is 1. The minimum atomic E-state index is -1.27. The molecule has 0 aliphatic heterocycles. The summed E-state index contributed by atoms with van der Waals surface area (Å²) in [4.78, 5) is 34.7. The first-order chi connectivity index (χ1) is 13.8. The third-order valence-electron chi connectivity index (χ3n) is 5.28. The Hall–Kier alpha value is -2.90. The second kappa shape index (κ2) is 7.50. The van der Waals surface area contributed by atoms with Crippen LogP contribution in [0.3, 0.4) is 0 Å². The van der Waals surface area contributed by atoms with Crippen molar-refractivity contribution in [3.63, 3.8) is 0 Å². The number of hydrogen-bond acceptors (Lipinski definition) is 4. The summed E-state index contributed by atoms with van der Waals surface area (Å²) in [5.74, 6) is -0.970. The molecule has 0 spiro atoms. The van der Waals surface area contributed by atoms with Crippen LogP contribution in [-0.4, -0.2) is 45.9 Å². The number of aromatic nitrogens is 2. The van der Waals surface area contributed by atoms with Gasteiger partial charge in [-0.15, -0.1) is 0 Å². The fraction of sp³-hybridized carbons (Fsp3) is 0.429. The van der Waals surface area contributed by atoms with Gasteiger partial charge in [0.25, 0.3) is 5.91 Å². The predicted molar refractivity (Wildman–Crippen MR) is 103 cm³/mol. The van der Waals surface area contributed by atoms with Crippen LogP contribution in [-0.2, 0) is 10.5 Å². The summed E-state index contributed by atoms with van der Waals surface area (Å²) in [5.41, 5.74) is 0.478. The minimum Gasteiger partial charge on any atom is -0.329 e. The highest BCUT2D eigenvalue weighted by molar-refractivity contribution is 5.98. The second-order valence-electron chi connectivity index (χ2n) is 7.87. The topological polar surface area (TPSA) is 75.2 Å². The maximum absolute atomic E-state index is 14.1. The quantitative estimate of drug-likeness (QED) is 0.775. The lowest BCUT2D eigenvalue weighted by Gasteiger charge is -2.22. The van der Waals surface area contributed by atoms with Gasteiger partial charge in [0.15, 0.2) is 0 Å². The molecule has 152 valence electrons. The molecule has 2 amide bonds. The van der Waals surface area contributed by atoms with Gasteiger partial charge in [-0.2, -0.15) is 0 Å². The van der Waals surface area contributed by atoms with Crippen molar-refractivity contribution < 1.29 is 18.4 Å². The van der Waals surface area contributed by atoms with Gasteiger partial charge in [0.05, 0.1) is 0 Å². The van der Waals surface area contributed by atoms with Crippen LogP contribution in [0.25, 0.3) is 0 Å². The van der Waals surface area contributed by atoms with Gasteiger partial charge in [-0.1, -0.05) is 12.1 Å². The number of alkyl halides is 2. The molecular formula is C21H22F2N4O2. The largest absolute Gasteiger partial charge is 0.329 e. The summed E-state index contributed by atoms with van der Waals surface area (Å²) in [7, 11) is 0. The number of halogens is 2. The van der Waals surface area contributed by atoms with Gasteiger partial charge in [0, 0.05) is 30.4 Å². The number of amides is 2. The molecule has 1 aromatic carbocycles. The second-order valence-corrected chi connectivity index (χ2v) is 7.87. The van der Waals surface area contributed by atoms with Crippen molar-refractivity contribution in [3.05, 3.63) is 53.3 Å². The molecule has 1 heterocycles. The lowest BCUT2D eigenvalue weighted by atomic mass is 10.1. The van der Waals surface area contributed by atoms with Crippen molar-refractivity contribution in [1.29, 1.82) is 0 Å². The fourth-order valence-corrected chi connectivity index (χ4v) is 3.19. The molecule has 2 fully saturated rings. The van der Waals surface area contributed by atoms with Gasteiger partial charge in [-0.3, -0.25) is 14.9 Å². The summed E-state index contributed by atoms with van der Waals surface area (Å²) in [6.07, 6.45) is 3.57. The maximum atomic E-state index is 14.1. The van der Waals surface area contributed by atoms with Gasteiger partial charge >= 0.3 is 0 Å². The Balaban J connectivity index is 1.44. The van der Waals surface area contributed by atoms with E-state index in [4.69, 9.17) is 0 Å². The van der Waals surface area contributed by atoms with E-state index in [9.17, 15) is 18.4 Å². The van der Waals surface area contributed by atoms with Gasteiger partial charge in [0.2, 0.25) is 11.9 Å². The molecule has 8 heteroatoms. The van der Waals surface area contributed by atoms with Crippen LogP contribution in [0.1, 0.15) is 40.7 Å². The number of anilines is 1. The fourth-order valence-electron chi connectivity index (χ4n) is 3.19. The molecule has 0 unspecified atom stereocenters. The first-order valence-electron chi connectivity index (χ1n) is 9.65. The van der Waals surface area contributed by atoms with Gasteiger partial charge in [0.1, 0.15) is 18.4 Å². The van der Waals surface area contributed by atoms with E-state index in [-0.39, 0.29) is 30.9 Å². The molecule has 1 aromatic heterocycles. The zero-order valence-electron chi connectivity index (χ0n) is 16.1. The monoisotopic (exact) mass is 400 g/mol. The van der Waals surface area contributed by atoms with Crippen LogP contribution in [0.5, 0.6) is 0 Å². The van der Waals surface area contributed by atoms with E-state index in [0.717, 1.165) is 5.56 Å². The number of aryl methyl sites for hydroxylation is 1. The summed E-state index contributed by atoms with van der Waals surface area (Å²) in [6.45, 7) is 1.74. The number of hydrogen-bond donors (Lipinski definition) is 1. The predicted octanol–water partition coefficient (Wildman–Crippen LogP) is 3.18. The molecule has 2 aromatic rings. The van der Waals surface area contributed by atoms with Crippen molar-refractivity contribution in [2.24, 2.45) is 5.92 Å². The van der Waals surface area contributed by atoms with Gasteiger partial charge in [-0.05, 0) is 49.4 Å². The van der Waals surface area contributed by atoms with E-state index < -0.39 is 17.7 Å². The van der Waals surface area contributed by atoms with Crippen LogP contribution in [0.4, 0.5) is 14.7 Å². The highest BCUT2D eigenvalue weighted by atomic mass is 19.1. The Morgan fingerprint density at radius 2 is 1.83 bits per heavy atom. The SMILES string of the molecule is Cc1cnc(NC(=O)CN(C[C@@H]2C[C@H]2F)C(=O)c2ccc(C3(F)CC3)cc2)nc1. The number of benzene rings is 1. The maximum Gasteiger partial charge on any atom is 0.254 e. The number of nitrogens with zero attached hydrogens (tertiary/aromatic N) is 3. The van der Waals surface area contributed by atoms with Crippen molar-refractivity contribution in [1.82, 2.24) is 14.9 Å². The highest BCUT2D eigenvalue weighted by Gasteiger charge is 2.45. The number of carbonyl (C=O) groups excluding carboxylic acids is 2. The standard InChI is InChI=1S/C21H22F2N4O2/c1-13-9-24-20(25-10-13)26-18(28)12-27(11-15-8-17(15)22)19(29)14-2-4-16(5-3-14)21(23)6-7-21/h2-5,9-10,15,17H,6-8,11-12H2,1H3,(H,24,25,26,28)/t15-,17+/m0/s1. The third kappa shape index (κ3) is 4.58. The van der Waals surface area contributed by atoms with E-state index in [2.05, 4.69) is 15.3 Å². The third-order valence-corrected chi connectivity index (χ3v) is 5.28. The van der Waals surface area contributed by atoms with Gasteiger partial charge < -0.3 is 4.90 Å². The first kappa shape index (κ1) is 19.4. The van der Waals surface area contributed by atoms with E-state index in [0.29, 0.717) is 30.4 Å². The van der Waals surface area contributed by atoms with Crippen molar-refractivity contribution in [2.75, 3.05) is 18.4 Å². The number of rotatable bonds is 7. The Morgan fingerprint density at radius 3 is 2.38 bits per heavy atom. The molecule has 0 radical (unpaired) electrons. The minimum absolute atomic E-state index is 0.143. The Morgan fingerprint density at radius 1 is 1.21 bits per heavy atom. The molecule has 2 saturated carbocycles. The van der Waals surface area contributed by atoms with Crippen LogP contribution < -0.4 is 5.32 Å². The molecule has 2 aliphatic carbocycles. The molecule has 4 rings (SSSR count). The zero-order valence-corrected chi connectivity index (χ0v) is 16.1. The smallest absolute Gasteiger partial charge is 0.254 e. The van der Waals surface area contributed by atoms with Crippen molar-refractivity contribution >= 4 is 17.8 Å². The van der Waals surface area contributed by atoms with E-state index in [1.165, 1.54) is 4.90 Å². The molecule has 2 atom stereocenters. The molecule has 2 aliphatic rings. The van der Waals surface area contributed by atoms with Crippen LogP contribution in [0.15, 0.2) is 36.7 Å². The molecular weight excluding hydrogens is 378 g/mol. The number of carbonyl (C=O) groups is 2. The summed E-state index contributed by atoms with van der Waals surface area (Å²) in [5, 5.41) is 2.55. The summed E-state index contributed by atoms with van der Waals surface area (Å²) >= 11 is 0. The van der Waals surface area contributed by atoms with Crippen LogP contribution in [0, 0.1) is 12.8 Å². The Bertz CT molecular complexity index is 913. The molecule has 1 N–H and O–H groups in total. The summed E-state index contributed by atoms with van der Waals surface area (Å²) < 4.78 is 27.6. The zero-order chi connectivity index (χ0) is 20.6. The van der Waals surface area contributed by atoms with Crippen molar-refractivity contribution in [3.8, 4) is 0 Å². The normalized spacial score (nSPS) is 21.3. The lowest BCUT2D eigenvalue weighted by molar-refractivity contribution is -0.117. The van der Waals surface area contributed by atoms with E-state index in [1.54, 1.807) is 36.7 Å². The Kier molecular flexibility index (Phi) is 5.02. The van der Waals surface area contributed by atoms with Crippen molar-refractivity contribution in [2.45, 2.75) is 38.0 Å². The summed E-state index contributed by atoms with van der Waals surface area (Å²) in [6, 6.07) is 6.33. The average Bonchev–Trinajstić information content (AvgIpc) is 3.62. The first-order valence-corrected chi connectivity index (χ1v) is 9.65. The lowest BCUT2D eigenvalue weighted by Crippen LogP contribution is -2.39. The van der Waals surface area contributed by atoms with Gasteiger partial charge in [-0.25, -0.2) is 18.7 Å². The van der Waals surface area contributed by atoms with E-state index in [1.807, 2.05) is 6.92 Å². The van der Waals surface area contributed by atoms with E-state index >= 15 is 0 Å². The van der Waals surface area contributed by atoms with Crippen LogP contribution in [0.2, 0.25) is 0 Å². The molecule has 0 saturated heterocycles.